The largest absolute Gasteiger partial charge is 0.385 e. The van der Waals surface area contributed by atoms with Gasteiger partial charge in [0.25, 0.3) is 0 Å². The molecule has 34 heavy (non-hydrogen) atoms. The van der Waals surface area contributed by atoms with Crippen molar-refractivity contribution >= 4 is 27.6 Å². The van der Waals surface area contributed by atoms with E-state index in [1.807, 2.05) is 6.92 Å². The van der Waals surface area contributed by atoms with E-state index in [0.717, 1.165) is 12.8 Å². The Hall–Kier alpha value is -1.83. The lowest BCUT2D eigenvalue weighted by Crippen LogP contribution is -2.33. The van der Waals surface area contributed by atoms with Crippen molar-refractivity contribution in [2.24, 2.45) is 0 Å². The van der Waals surface area contributed by atoms with Gasteiger partial charge in [0, 0.05) is 33.9 Å². The zero-order valence-corrected chi connectivity index (χ0v) is 21.5. The minimum Gasteiger partial charge on any atom is -0.385 e. The van der Waals surface area contributed by atoms with Crippen LogP contribution in [0.4, 0.5) is 5.95 Å². The van der Waals surface area contributed by atoms with Gasteiger partial charge in [0.1, 0.15) is 23.7 Å². The lowest BCUT2D eigenvalue weighted by Gasteiger charge is -2.25. The molecule has 3 heterocycles. The Morgan fingerprint density at radius 1 is 1.24 bits per heavy atom. The first-order valence-corrected chi connectivity index (χ1v) is 12.9. The van der Waals surface area contributed by atoms with Crippen LogP contribution in [0.25, 0.3) is 0 Å². The Bertz CT molecular complexity index is 1030. The third kappa shape index (κ3) is 6.04. The summed E-state index contributed by atoms with van der Waals surface area (Å²) in [4.78, 5) is 4.21. The summed E-state index contributed by atoms with van der Waals surface area (Å²) >= 11 is 5.92. The molecule has 1 aliphatic rings. The van der Waals surface area contributed by atoms with Gasteiger partial charge in [-0.1, -0.05) is 11.6 Å². The van der Waals surface area contributed by atoms with Gasteiger partial charge in [0.2, 0.25) is 16.0 Å². The highest BCUT2D eigenvalue weighted by Gasteiger charge is 2.36. The summed E-state index contributed by atoms with van der Waals surface area (Å²) in [6, 6.07) is 3.26. The Balaban J connectivity index is 1.93. The Labute approximate surface area is 205 Å². The molecule has 190 valence electrons. The molecule has 0 saturated carbocycles. The van der Waals surface area contributed by atoms with Crippen molar-refractivity contribution in [3.05, 3.63) is 34.9 Å². The molecule has 1 N–H and O–H groups in total. The summed E-state index contributed by atoms with van der Waals surface area (Å²) in [5.41, 5.74) is 0.440. The normalized spacial score (nSPS) is 21.4. The predicted octanol–water partition coefficient (Wildman–Crippen LogP) is 3.27. The molecular formula is C21H32ClN5O6S. The number of methoxy groups -OCH3 is 3. The number of sulfonamides is 1. The maximum atomic E-state index is 13.4. The molecule has 3 rings (SSSR count). The van der Waals surface area contributed by atoms with E-state index in [1.165, 1.54) is 27.3 Å². The van der Waals surface area contributed by atoms with Gasteiger partial charge in [0.05, 0.1) is 23.4 Å². The van der Waals surface area contributed by atoms with Crippen molar-refractivity contribution in [1.29, 1.82) is 0 Å². The summed E-state index contributed by atoms with van der Waals surface area (Å²) in [5, 5.41) is 7.85. The van der Waals surface area contributed by atoms with Gasteiger partial charge in [-0.2, -0.15) is 0 Å². The van der Waals surface area contributed by atoms with Crippen molar-refractivity contribution in [3.8, 4) is 0 Å². The Morgan fingerprint density at radius 2 is 2.00 bits per heavy atom. The molecule has 0 aromatic carbocycles. The number of anilines is 1. The second kappa shape index (κ2) is 11.7. The number of nitrogens with one attached hydrogen (secondary N) is 1. The third-order valence-electron chi connectivity index (χ3n) is 5.82. The van der Waals surface area contributed by atoms with E-state index in [0.29, 0.717) is 29.6 Å². The molecule has 0 spiro atoms. The van der Waals surface area contributed by atoms with Crippen molar-refractivity contribution in [2.45, 2.75) is 62.9 Å². The fraction of sp³-hybridized carbons (Fsp3) is 0.667. The molecule has 5 atom stereocenters. The van der Waals surface area contributed by atoms with Crippen molar-refractivity contribution in [3.63, 3.8) is 0 Å². The van der Waals surface area contributed by atoms with Crippen molar-refractivity contribution in [1.82, 2.24) is 19.7 Å². The van der Waals surface area contributed by atoms with E-state index in [4.69, 9.17) is 30.5 Å². The van der Waals surface area contributed by atoms with Crippen LogP contribution in [0.1, 0.15) is 63.1 Å². The number of halogens is 1. The Kier molecular flexibility index (Phi) is 9.24. The molecule has 0 aliphatic carbocycles. The molecule has 11 nitrogen and oxygen atoms in total. The highest BCUT2D eigenvalue weighted by molar-refractivity contribution is 7.93. The van der Waals surface area contributed by atoms with Gasteiger partial charge in [-0.3, -0.25) is 14.3 Å². The topological polar surface area (TPSA) is 127 Å². The molecule has 1 saturated heterocycles. The number of ether oxygens (including phenoxy) is 4. The average molecular weight is 518 g/mol. The smallest absolute Gasteiger partial charge is 0.240 e. The molecule has 1 unspecified atom stereocenters. The zero-order chi connectivity index (χ0) is 24.9. The minimum absolute atomic E-state index is 0.0341. The summed E-state index contributed by atoms with van der Waals surface area (Å²) in [5.74, 6) is 0.534. The Morgan fingerprint density at radius 3 is 2.56 bits per heavy atom. The molecular weight excluding hydrogens is 486 g/mol. The number of aromatic nitrogens is 4. The maximum Gasteiger partial charge on any atom is 0.240 e. The van der Waals surface area contributed by atoms with Gasteiger partial charge in [-0.15, -0.1) is 10.2 Å². The molecule has 2 aromatic rings. The summed E-state index contributed by atoms with van der Waals surface area (Å²) in [7, 11) is 0.565. The minimum atomic E-state index is -3.99. The number of hydrogen-bond donors (Lipinski definition) is 1. The fourth-order valence-electron chi connectivity index (χ4n) is 3.93. The van der Waals surface area contributed by atoms with Crippen LogP contribution in [0.15, 0.2) is 18.3 Å². The third-order valence-corrected chi connectivity index (χ3v) is 7.73. The van der Waals surface area contributed by atoms with Crippen molar-refractivity contribution < 1.29 is 27.4 Å². The molecule has 0 bridgehead atoms. The van der Waals surface area contributed by atoms with Gasteiger partial charge in [-0.25, -0.2) is 8.42 Å². The molecule has 1 aliphatic heterocycles. The monoisotopic (exact) mass is 517 g/mol. The van der Waals surface area contributed by atoms with E-state index in [-0.39, 0.29) is 18.2 Å². The first kappa shape index (κ1) is 26.8. The van der Waals surface area contributed by atoms with Crippen LogP contribution in [0.2, 0.25) is 5.02 Å². The van der Waals surface area contributed by atoms with Crippen LogP contribution in [-0.4, -0.2) is 67.5 Å². The van der Waals surface area contributed by atoms with Crippen LogP contribution < -0.4 is 4.72 Å². The van der Waals surface area contributed by atoms with Crippen LogP contribution >= 0.6 is 11.6 Å². The van der Waals surface area contributed by atoms with Crippen molar-refractivity contribution in [2.75, 3.05) is 32.7 Å². The lowest BCUT2D eigenvalue weighted by molar-refractivity contribution is 0.00193. The van der Waals surface area contributed by atoms with E-state index in [1.54, 1.807) is 23.8 Å². The molecule has 2 aromatic heterocycles. The number of pyridine rings is 1. The standard InChI is InChI=1S/C21H32ClN5O6S/c1-13-6-9-17(33-13)20-24-25-21(27(20)18(31-4)10-11-30-3)26-34(28,29)14(2)19(32-5)16-8-7-15(22)12-23-16/h7-8,12-14,17-19H,6,9-11H2,1-5H3,(H,25,26)/t13-,14+,17-,18?,19+/m1/s1. The summed E-state index contributed by atoms with van der Waals surface area (Å²) < 4.78 is 53.3. The maximum absolute atomic E-state index is 13.4. The summed E-state index contributed by atoms with van der Waals surface area (Å²) in [6.07, 6.45) is 1.88. The molecule has 13 heteroatoms. The highest BCUT2D eigenvalue weighted by Crippen LogP contribution is 2.35. The van der Waals surface area contributed by atoms with Crippen LogP contribution in [0.5, 0.6) is 0 Å². The van der Waals surface area contributed by atoms with Crippen LogP contribution in [0.3, 0.4) is 0 Å². The highest BCUT2D eigenvalue weighted by atomic mass is 35.5. The number of rotatable bonds is 12. The molecule has 0 amide bonds. The number of hydrogen-bond acceptors (Lipinski definition) is 9. The number of nitrogens with zero attached hydrogens (tertiary/aromatic N) is 4. The molecule has 0 radical (unpaired) electrons. The van der Waals surface area contributed by atoms with E-state index in [9.17, 15) is 8.42 Å². The second-order valence-corrected chi connectivity index (χ2v) is 10.6. The average Bonchev–Trinajstić information content (AvgIpc) is 3.42. The van der Waals surface area contributed by atoms with Gasteiger partial charge < -0.3 is 18.9 Å². The predicted molar refractivity (Wildman–Crippen MR) is 126 cm³/mol. The first-order chi connectivity index (χ1) is 16.2. The van der Waals surface area contributed by atoms with Gasteiger partial charge >= 0.3 is 0 Å². The quantitative estimate of drug-likeness (QED) is 0.451. The summed E-state index contributed by atoms with van der Waals surface area (Å²) in [6.45, 7) is 3.92. The fourth-order valence-corrected chi connectivity index (χ4v) is 5.20. The zero-order valence-electron chi connectivity index (χ0n) is 20.0. The van der Waals surface area contributed by atoms with Crippen LogP contribution in [0, 0.1) is 0 Å². The van der Waals surface area contributed by atoms with Gasteiger partial charge in [-0.05, 0) is 38.8 Å². The van der Waals surface area contributed by atoms with E-state index < -0.39 is 27.6 Å². The second-order valence-electron chi connectivity index (χ2n) is 8.15. The molecule has 1 fully saturated rings. The first-order valence-electron chi connectivity index (χ1n) is 11.0. The van der Waals surface area contributed by atoms with Crippen LogP contribution in [-0.2, 0) is 29.0 Å². The van der Waals surface area contributed by atoms with E-state index >= 15 is 0 Å². The van der Waals surface area contributed by atoms with Gasteiger partial charge in [0.15, 0.2) is 5.82 Å². The van der Waals surface area contributed by atoms with E-state index in [2.05, 4.69) is 19.9 Å². The SMILES string of the molecule is COCCC(OC)n1c(NS(=O)(=O)[C@@H](C)[C@H](OC)c2ccc(Cl)cn2)nnc1[C@H]1CC[C@@H](C)O1. The lowest BCUT2D eigenvalue weighted by atomic mass is 10.2.